The molecule has 1 saturated heterocycles. The van der Waals surface area contributed by atoms with Gasteiger partial charge in [-0.25, -0.2) is 0 Å². The molecular formula is H3MgO5PSi. The second-order valence-electron chi connectivity index (χ2n) is 1.08. The zero-order valence-electron chi connectivity index (χ0n) is 4.20. The quantitative estimate of drug-likeness (QED) is 0.177. The van der Waals surface area contributed by atoms with Crippen molar-refractivity contribution >= 4 is 41.3 Å². The van der Waals surface area contributed by atoms with Crippen LogP contribution in [0.5, 0.6) is 0 Å². The molecule has 5 nitrogen and oxygen atoms in total. The Labute approximate surface area is 64.9 Å². The van der Waals surface area contributed by atoms with Gasteiger partial charge in [0, 0.05) is 0 Å². The summed E-state index contributed by atoms with van der Waals surface area (Å²) >= 11 is 0. The fourth-order valence-electron chi connectivity index (χ4n) is 0.102. The van der Waals surface area contributed by atoms with E-state index in [-0.39, 0.29) is 33.5 Å². The van der Waals surface area contributed by atoms with Crippen LogP contribution in [0, 0.1) is 0 Å². The number of hydrogen-bond acceptors (Lipinski definition) is 5. The average Bonchev–Trinajstić information content (AvgIpc) is 2.20. The van der Waals surface area contributed by atoms with Crippen LogP contribution in [0.25, 0.3) is 0 Å². The molecule has 1 rings (SSSR count). The van der Waals surface area contributed by atoms with Crippen molar-refractivity contribution in [1.29, 1.82) is 0 Å². The molecule has 8 heavy (non-hydrogen) atoms. The van der Waals surface area contributed by atoms with E-state index in [0.717, 1.165) is 0 Å². The molecule has 0 amide bonds. The van der Waals surface area contributed by atoms with Crippen molar-refractivity contribution in [1.82, 2.24) is 0 Å². The van der Waals surface area contributed by atoms with E-state index in [0.29, 0.717) is 0 Å². The van der Waals surface area contributed by atoms with E-state index in [2.05, 4.69) is 13.6 Å². The summed E-state index contributed by atoms with van der Waals surface area (Å²) in [5.41, 5.74) is 0. The van der Waals surface area contributed by atoms with Crippen LogP contribution in [-0.2, 0) is 13.6 Å². The molecule has 8 heteroatoms. The predicted octanol–water partition coefficient (Wildman–Crippen LogP) is -3.29. The molecule has 0 saturated carbocycles. The number of hydrogen-bond donors (Lipinski definition) is 0. The van der Waals surface area contributed by atoms with Crippen molar-refractivity contribution in [3.8, 4) is 0 Å². The molecule has 1 heterocycles. The predicted molar refractivity (Wildman–Crippen MR) is 25.9 cm³/mol. The normalized spacial score (nSPS) is 34.0. The fraction of sp³-hybridized carbons (Fsp3) is 0. The Hall–Kier alpha value is 1.21. The van der Waals surface area contributed by atoms with Gasteiger partial charge in [0.15, 0.2) is 0 Å². The first-order chi connectivity index (χ1) is 3.05. The van der Waals surface area contributed by atoms with Crippen LogP contribution in [0.1, 0.15) is 0 Å². The second-order valence-corrected chi connectivity index (χ2v) is 4.33. The van der Waals surface area contributed by atoms with E-state index >= 15 is 0 Å². The third-order valence-corrected chi connectivity index (χ3v) is 3.45. The molecule has 0 unspecified atom stereocenters. The minimum atomic E-state index is -4.76. The van der Waals surface area contributed by atoms with E-state index in [1.165, 1.54) is 0 Å². The molecule has 0 aromatic rings. The van der Waals surface area contributed by atoms with Crippen LogP contribution in [0.15, 0.2) is 0 Å². The maximum atomic E-state index is 10.1. The van der Waals surface area contributed by atoms with Crippen LogP contribution in [0.3, 0.4) is 0 Å². The van der Waals surface area contributed by atoms with Crippen LogP contribution in [0.2, 0.25) is 0 Å². The first-order valence-electron chi connectivity index (χ1n) is 1.49. The number of rotatable bonds is 1. The van der Waals surface area contributed by atoms with Gasteiger partial charge in [-0.1, -0.05) is 0 Å². The van der Waals surface area contributed by atoms with Crippen molar-refractivity contribution in [2.45, 2.75) is 0 Å². The molecule has 0 aliphatic carbocycles. The Balaban J connectivity index is 0.000000490. The molecule has 1 aliphatic rings. The Kier molecular flexibility index (Phi) is 2.44. The van der Waals surface area contributed by atoms with Gasteiger partial charge < -0.3 is 0 Å². The topological polar surface area (TPSA) is 80.4 Å². The molecule has 44 valence electrons. The van der Waals surface area contributed by atoms with E-state index < -0.39 is 7.74 Å². The van der Waals surface area contributed by atoms with Crippen LogP contribution < -0.4 is 9.79 Å². The van der Waals surface area contributed by atoms with Crippen LogP contribution in [-0.4, -0.2) is 33.5 Å². The van der Waals surface area contributed by atoms with Crippen molar-refractivity contribution < 1.29 is 23.3 Å². The zero-order chi connectivity index (χ0) is 5.57. The third kappa shape index (κ3) is 1.87. The van der Waals surface area contributed by atoms with Gasteiger partial charge >= 0.3 is 64.6 Å². The van der Waals surface area contributed by atoms with E-state index in [1.807, 2.05) is 0 Å². The van der Waals surface area contributed by atoms with Gasteiger partial charge in [-0.15, -0.1) is 0 Å². The monoisotopic (exact) mass is 166 g/mol. The molecule has 0 N–H and O–H groups in total. The van der Waals surface area contributed by atoms with E-state index in [1.54, 1.807) is 0 Å². The molecule has 0 radical (unpaired) electrons. The summed E-state index contributed by atoms with van der Waals surface area (Å²) in [6.07, 6.45) is 0. The maximum absolute atomic E-state index is 10.1. The first-order valence-corrected chi connectivity index (χ1v) is 4.13. The summed E-state index contributed by atoms with van der Waals surface area (Å²) in [6.45, 7) is 0. The van der Waals surface area contributed by atoms with Gasteiger partial charge in [0.2, 0.25) is 0 Å². The van der Waals surface area contributed by atoms with Crippen molar-refractivity contribution in [2.24, 2.45) is 0 Å². The molecular weight excluding hydrogens is 163 g/mol. The Bertz CT molecular complexity index is 94.6. The molecule has 0 spiro atoms. The van der Waals surface area contributed by atoms with Gasteiger partial charge in [0.25, 0.3) is 0 Å². The summed E-state index contributed by atoms with van der Waals surface area (Å²) in [5.74, 6) is 0. The molecule has 0 aromatic carbocycles. The van der Waals surface area contributed by atoms with Crippen molar-refractivity contribution in [2.75, 3.05) is 0 Å². The van der Waals surface area contributed by atoms with Crippen molar-refractivity contribution in [3.63, 3.8) is 0 Å². The second kappa shape index (κ2) is 2.12. The Morgan fingerprint density at radius 3 is 1.75 bits per heavy atom. The van der Waals surface area contributed by atoms with Gasteiger partial charge in [-0.05, 0) is 0 Å². The SMILES string of the molecule is [Mg+2].[O-]P1([O-])(O[SiH3])OO1. The van der Waals surface area contributed by atoms with Gasteiger partial charge in [0.1, 0.15) is 0 Å². The molecule has 0 aromatic heterocycles. The Morgan fingerprint density at radius 2 is 1.75 bits per heavy atom. The summed E-state index contributed by atoms with van der Waals surface area (Å²) in [6, 6.07) is 0. The fourth-order valence-corrected chi connectivity index (χ4v) is 0.915. The first kappa shape index (κ1) is 9.21. The summed E-state index contributed by atoms with van der Waals surface area (Å²) in [4.78, 5) is 20.2. The Morgan fingerprint density at radius 1 is 1.38 bits per heavy atom. The zero-order valence-corrected chi connectivity index (χ0v) is 8.50. The third-order valence-electron chi connectivity index (χ3n) is 0.555. The van der Waals surface area contributed by atoms with E-state index in [4.69, 9.17) is 0 Å². The summed E-state index contributed by atoms with van der Waals surface area (Å²) in [5, 5.41) is 0. The molecule has 1 fully saturated rings. The minimum absolute atomic E-state index is 0. The standard InChI is InChI=1S/Mg.H3O5PSi/c;1-6(2,5-7)3-4-6/h;7H3/q+2;-2. The van der Waals surface area contributed by atoms with Gasteiger partial charge in [-0.2, -0.15) is 0 Å². The average molecular weight is 166 g/mol. The molecule has 0 atom stereocenters. The van der Waals surface area contributed by atoms with Crippen LogP contribution >= 0.6 is 7.74 Å². The van der Waals surface area contributed by atoms with Crippen molar-refractivity contribution in [3.05, 3.63) is 0 Å². The van der Waals surface area contributed by atoms with Crippen LogP contribution in [0.4, 0.5) is 0 Å². The van der Waals surface area contributed by atoms with E-state index in [9.17, 15) is 9.79 Å². The van der Waals surface area contributed by atoms with Gasteiger partial charge in [-0.3, -0.25) is 0 Å². The van der Waals surface area contributed by atoms with Gasteiger partial charge in [0.05, 0.1) is 0 Å². The summed E-state index contributed by atoms with van der Waals surface area (Å²) < 4.78 is 11.1. The molecule has 1 aliphatic heterocycles. The summed E-state index contributed by atoms with van der Waals surface area (Å²) in [7, 11) is -4.70. The molecule has 0 bridgehead atoms.